The lowest BCUT2D eigenvalue weighted by atomic mass is 10.0. The number of halogens is 1. The first-order chi connectivity index (χ1) is 8.72. The fraction of sp³-hybridized carbons (Fsp3) is 0.286. The number of aliphatic hydroxyl groups excluding tert-OH is 1. The minimum Gasteiger partial charge on any atom is -0.496 e. The lowest BCUT2D eigenvalue weighted by Crippen LogP contribution is -2.03. The Kier molecular flexibility index (Phi) is 4.64. The summed E-state index contributed by atoms with van der Waals surface area (Å²) in [6.45, 7) is 0. The largest absolute Gasteiger partial charge is 0.496 e. The maximum absolute atomic E-state index is 10.3. The van der Waals surface area contributed by atoms with E-state index in [9.17, 15) is 5.11 Å². The molecule has 0 saturated heterocycles. The molecule has 1 aromatic carbocycles. The third-order valence-corrected chi connectivity index (χ3v) is 3.91. The summed E-state index contributed by atoms with van der Waals surface area (Å²) >= 11 is 7.79. The van der Waals surface area contributed by atoms with Crippen LogP contribution >= 0.6 is 22.9 Å². The Labute approximate surface area is 116 Å². The maximum Gasteiger partial charge on any atom is 0.126 e. The number of hydrogen-bond donors (Lipinski definition) is 1. The molecule has 0 radical (unpaired) electrons. The van der Waals surface area contributed by atoms with E-state index < -0.39 is 6.10 Å². The average Bonchev–Trinajstić information content (AvgIpc) is 2.88. The van der Waals surface area contributed by atoms with Gasteiger partial charge in [0.05, 0.1) is 18.2 Å². The summed E-state index contributed by atoms with van der Waals surface area (Å²) in [7, 11) is 1.58. The minimum absolute atomic E-state index is 0.548. The molecule has 0 spiro atoms. The van der Waals surface area contributed by atoms with E-state index in [0.29, 0.717) is 22.8 Å². The predicted octanol–water partition coefficient (Wildman–Crippen LogP) is 4.08. The topological polar surface area (TPSA) is 29.5 Å². The van der Waals surface area contributed by atoms with Crippen molar-refractivity contribution in [3.63, 3.8) is 0 Å². The van der Waals surface area contributed by atoms with Crippen LogP contribution in [-0.2, 0) is 6.42 Å². The molecule has 1 heterocycles. The van der Waals surface area contributed by atoms with Gasteiger partial charge in [-0.3, -0.25) is 0 Å². The van der Waals surface area contributed by atoms with E-state index in [-0.39, 0.29) is 0 Å². The summed E-state index contributed by atoms with van der Waals surface area (Å²) in [5.74, 6) is 0.639. The van der Waals surface area contributed by atoms with Gasteiger partial charge in [0.15, 0.2) is 0 Å². The SMILES string of the molecule is COc1cccc(Cl)c1C(O)CCc1ccsc1. The van der Waals surface area contributed by atoms with E-state index in [1.165, 1.54) is 5.56 Å². The molecule has 2 aromatic rings. The number of methoxy groups -OCH3 is 1. The van der Waals surface area contributed by atoms with Gasteiger partial charge in [-0.25, -0.2) is 0 Å². The fourth-order valence-electron chi connectivity index (χ4n) is 1.90. The third kappa shape index (κ3) is 3.05. The van der Waals surface area contributed by atoms with Crippen molar-refractivity contribution in [2.24, 2.45) is 0 Å². The Morgan fingerprint density at radius 1 is 1.39 bits per heavy atom. The number of aliphatic hydroxyl groups is 1. The van der Waals surface area contributed by atoms with Crippen molar-refractivity contribution in [1.29, 1.82) is 0 Å². The zero-order valence-electron chi connectivity index (χ0n) is 10.1. The summed E-state index contributed by atoms with van der Waals surface area (Å²) in [6, 6.07) is 7.47. The van der Waals surface area contributed by atoms with E-state index in [1.54, 1.807) is 24.5 Å². The van der Waals surface area contributed by atoms with E-state index in [0.717, 1.165) is 6.42 Å². The molecule has 1 N–H and O–H groups in total. The van der Waals surface area contributed by atoms with E-state index in [1.807, 2.05) is 17.5 Å². The van der Waals surface area contributed by atoms with Crippen LogP contribution < -0.4 is 4.74 Å². The third-order valence-electron chi connectivity index (χ3n) is 2.85. The first-order valence-corrected chi connectivity index (χ1v) is 7.06. The van der Waals surface area contributed by atoms with Gasteiger partial charge in [0, 0.05) is 5.56 Å². The molecule has 1 aromatic heterocycles. The Hall–Kier alpha value is -1.03. The lowest BCUT2D eigenvalue weighted by Gasteiger charge is -2.16. The molecule has 0 bridgehead atoms. The van der Waals surface area contributed by atoms with Crippen LogP contribution in [0.5, 0.6) is 5.75 Å². The minimum atomic E-state index is -0.603. The number of thiophene rings is 1. The van der Waals surface area contributed by atoms with Gasteiger partial charge < -0.3 is 9.84 Å². The molecule has 0 saturated carbocycles. The van der Waals surface area contributed by atoms with Gasteiger partial charge in [0.2, 0.25) is 0 Å². The molecule has 0 aliphatic carbocycles. The molecular formula is C14H15ClO2S. The Morgan fingerprint density at radius 2 is 2.22 bits per heavy atom. The molecule has 0 fully saturated rings. The molecule has 18 heavy (non-hydrogen) atoms. The van der Waals surface area contributed by atoms with Crippen LogP contribution in [0.1, 0.15) is 23.7 Å². The standard InChI is InChI=1S/C14H15ClO2S/c1-17-13-4-2-3-11(15)14(13)12(16)6-5-10-7-8-18-9-10/h2-4,7-9,12,16H,5-6H2,1H3. The van der Waals surface area contributed by atoms with Gasteiger partial charge in [0.1, 0.15) is 5.75 Å². The molecule has 1 atom stereocenters. The molecule has 2 rings (SSSR count). The summed E-state index contributed by atoms with van der Waals surface area (Å²) in [5.41, 5.74) is 1.92. The van der Waals surface area contributed by atoms with Gasteiger partial charge >= 0.3 is 0 Å². The van der Waals surface area contributed by atoms with Crippen LogP contribution in [0.15, 0.2) is 35.0 Å². The van der Waals surface area contributed by atoms with Crippen molar-refractivity contribution in [3.8, 4) is 5.75 Å². The molecule has 0 aliphatic rings. The molecule has 0 amide bonds. The van der Waals surface area contributed by atoms with Crippen molar-refractivity contribution >= 4 is 22.9 Å². The zero-order valence-corrected chi connectivity index (χ0v) is 11.7. The number of ether oxygens (including phenoxy) is 1. The first-order valence-electron chi connectivity index (χ1n) is 5.74. The van der Waals surface area contributed by atoms with E-state index >= 15 is 0 Å². The summed E-state index contributed by atoms with van der Waals surface area (Å²) in [4.78, 5) is 0. The second kappa shape index (κ2) is 6.23. The molecule has 2 nitrogen and oxygen atoms in total. The van der Waals surface area contributed by atoms with Crippen LogP contribution in [0.25, 0.3) is 0 Å². The second-order valence-corrected chi connectivity index (χ2v) is 5.23. The first kappa shape index (κ1) is 13.4. The predicted molar refractivity (Wildman–Crippen MR) is 75.6 cm³/mol. The van der Waals surface area contributed by atoms with Crippen molar-refractivity contribution in [3.05, 3.63) is 51.2 Å². The summed E-state index contributed by atoms with van der Waals surface area (Å²) in [6.07, 6.45) is 0.865. The Balaban J connectivity index is 2.10. The van der Waals surface area contributed by atoms with Crippen molar-refractivity contribution < 1.29 is 9.84 Å². The summed E-state index contributed by atoms with van der Waals surface area (Å²) in [5, 5.41) is 14.9. The number of rotatable bonds is 5. The van der Waals surface area contributed by atoms with Gasteiger partial charge in [-0.2, -0.15) is 11.3 Å². The molecule has 96 valence electrons. The highest BCUT2D eigenvalue weighted by atomic mass is 35.5. The van der Waals surface area contributed by atoms with Crippen LogP contribution in [0.2, 0.25) is 5.02 Å². The lowest BCUT2D eigenvalue weighted by molar-refractivity contribution is 0.164. The van der Waals surface area contributed by atoms with E-state index in [4.69, 9.17) is 16.3 Å². The highest BCUT2D eigenvalue weighted by molar-refractivity contribution is 7.07. The van der Waals surface area contributed by atoms with Gasteiger partial charge in [0.25, 0.3) is 0 Å². The van der Waals surface area contributed by atoms with E-state index in [2.05, 4.69) is 11.4 Å². The zero-order chi connectivity index (χ0) is 13.0. The normalized spacial score (nSPS) is 12.4. The second-order valence-electron chi connectivity index (χ2n) is 4.04. The van der Waals surface area contributed by atoms with Crippen molar-refractivity contribution in [1.82, 2.24) is 0 Å². The Bertz CT molecular complexity index is 497. The van der Waals surface area contributed by atoms with Crippen LogP contribution in [-0.4, -0.2) is 12.2 Å². The smallest absolute Gasteiger partial charge is 0.126 e. The molecule has 0 aliphatic heterocycles. The van der Waals surface area contributed by atoms with Gasteiger partial charge in [-0.05, 0) is 47.4 Å². The number of benzene rings is 1. The number of aryl methyl sites for hydroxylation is 1. The fourth-order valence-corrected chi connectivity index (χ4v) is 2.90. The molecule has 4 heteroatoms. The molecule has 1 unspecified atom stereocenters. The van der Waals surface area contributed by atoms with Gasteiger partial charge in [-0.1, -0.05) is 17.7 Å². The quantitative estimate of drug-likeness (QED) is 0.895. The van der Waals surface area contributed by atoms with Crippen molar-refractivity contribution in [2.45, 2.75) is 18.9 Å². The van der Waals surface area contributed by atoms with Crippen LogP contribution in [0, 0.1) is 0 Å². The average molecular weight is 283 g/mol. The monoisotopic (exact) mass is 282 g/mol. The maximum atomic E-state index is 10.3. The number of hydrogen-bond acceptors (Lipinski definition) is 3. The highest BCUT2D eigenvalue weighted by Crippen LogP contribution is 2.34. The Morgan fingerprint density at radius 3 is 2.89 bits per heavy atom. The van der Waals surface area contributed by atoms with Crippen LogP contribution in [0.4, 0.5) is 0 Å². The van der Waals surface area contributed by atoms with Gasteiger partial charge in [-0.15, -0.1) is 0 Å². The van der Waals surface area contributed by atoms with Crippen molar-refractivity contribution in [2.75, 3.05) is 7.11 Å². The van der Waals surface area contributed by atoms with Crippen LogP contribution in [0.3, 0.4) is 0 Å². The molecular weight excluding hydrogens is 268 g/mol. The highest BCUT2D eigenvalue weighted by Gasteiger charge is 2.16. The summed E-state index contributed by atoms with van der Waals surface area (Å²) < 4.78 is 5.24.